The molecule has 0 aromatic heterocycles. The molecule has 5 nitrogen and oxygen atoms in total. The van der Waals surface area contributed by atoms with Crippen LogP contribution in [-0.2, 0) is 5.41 Å². The van der Waals surface area contributed by atoms with Gasteiger partial charge in [0.2, 0.25) is 0 Å². The molecule has 0 aliphatic carbocycles. The van der Waals surface area contributed by atoms with Crippen LogP contribution in [0.1, 0.15) is 46.6 Å². The summed E-state index contributed by atoms with van der Waals surface area (Å²) in [6.07, 6.45) is 0.566. The third-order valence-electron chi connectivity index (χ3n) is 4.64. The number of aliphatic hydroxyl groups is 1. The summed E-state index contributed by atoms with van der Waals surface area (Å²) in [6.45, 7) is 14.6. The lowest BCUT2D eigenvalue weighted by Gasteiger charge is -2.26. The summed E-state index contributed by atoms with van der Waals surface area (Å²) in [6, 6.07) is 8.37. The number of aliphatic imine (C=N–C) groups is 1. The Morgan fingerprint density at radius 2 is 2.04 bits per heavy atom. The van der Waals surface area contributed by atoms with Crippen molar-refractivity contribution >= 4 is 5.96 Å². The van der Waals surface area contributed by atoms with Gasteiger partial charge >= 0.3 is 0 Å². The van der Waals surface area contributed by atoms with Crippen LogP contribution in [0.25, 0.3) is 0 Å². The topological polar surface area (TPSA) is 57.1 Å². The summed E-state index contributed by atoms with van der Waals surface area (Å²) in [7, 11) is 0. The lowest BCUT2D eigenvalue weighted by molar-refractivity contribution is 0.187. The lowest BCUT2D eigenvalue weighted by atomic mass is 9.85. The van der Waals surface area contributed by atoms with Crippen LogP contribution in [0.15, 0.2) is 29.3 Å². The Labute approximate surface area is 158 Å². The van der Waals surface area contributed by atoms with Gasteiger partial charge in [0.15, 0.2) is 5.96 Å². The minimum atomic E-state index is -0.245. The van der Waals surface area contributed by atoms with Gasteiger partial charge in [-0.2, -0.15) is 0 Å². The van der Waals surface area contributed by atoms with E-state index in [1.165, 1.54) is 5.56 Å². The average Bonchev–Trinajstić information content (AvgIpc) is 3.03. The monoisotopic (exact) mass is 361 g/mol. The lowest BCUT2D eigenvalue weighted by Crippen LogP contribution is -2.41. The Bertz CT molecular complexity index is 581. The molecule has 0 unspecified atom stereocenters. The fourth-order valence-electron chi connectivity index (χ4n) is 2.99. The van der Waals surface area contributed by atoms with Crippen LogP contribution in [0.2, 0.25) is 0 Å². The van der Waals surface area contributed by atoms with Crippen LogP contribution in [0, 0.1) is 5.92 Å². The van der Waals surface area contributed by atoms with Crippen molar-refractivity contribution in [2.45, 2.75) is 52.6 Å². The van der Waals surface area contributed by atoms with Crippen LogP contribution < -0.4 is 10.1 Å². The molecule has 1 aromatic carbocycles. The van der Waals surface area contributed by atoms with E-state index in [2.05, 4.69) is 57.0 Å². The smallest absolute Gasteiger partial charge is 0.194 e. The Balaban J connectivity index is 2.03. The molecule has 2 N–H and O–H groups in total. The number of likely N-dealkylation sites (tertiary alicyclic amines) is 1. The summed E-state index contributed by atoms with van der Waals surface area (Å²) in [5.41, 5.74) is 1.17. The molecule has 0 saturated carbocycles. The molecule has 1 saturated heterocycles. The van der Waals surface area contributed by atoms with Crippen molar-refractivity contribution in [3.05, 3.63) is 29.8 Å². The number of β-amino-alcohol motifs (C(OH)–C–C–N with tert-alkyl or cyclic N) is 1. The normalized spacial score (nSPS) is 18.5. The number of nitrogens with one attached hydrogen (secondary N) is 1. The second-order valence-corrected chi connectivity index (χ2v) is 8.17. The van der Waals surface area contributed by atoms with E-state index < -0.39 is 0 Å². The fourth-order valence-corrected chi connectivity index (χ4v) is 2.99. The van der Waals surface area contributed by atoms with E-state index in [9.17, 15) is 5.11 Å². The summed E-state index contributed by atoms with van der Waals surface area (Å²) in [5, 5.41) is 13.1. The van der Waals surface area contributed by atoms with Crippen LogP contribution >= 0.6 is 0 Å². The van der Waals surface area contributed by atoms with Crippen molar-refractivity contribution in [1.29, 1.82) is 0 Å². The fraction of sp³-hybridized carbons (Fsp3) is 0.667. The van der Waals surface area contributed by atoms with E-state index in [1.807, 2.05) is 12.1 Å². The largest absolute Gasteiger partial charge is 0.493 e. The van der Waals surface area contributed by atoms with Crippen LogP contribution in [0.4, 0.5) is 0 Å². The highest BCUT2D eigenvalue weighted by Gasteiger charge is 2.25. The molecule has 1 fully saturated rings. The van der Waals surface area contributed by atoms with Crippen molar-refractivity contribution in [3.8, 4) is 5.75 Å². The molecule has 1 aliphatic heterocycles. The van der Waals surface area contributed by atoms with Crippen molar-refractivity contribution < 1.29 is 9.84 Å². The molecule has 146 valence electrons. The van der Waals surface area contributed by atoms with Gasteiger partial charge in [-0.1, -0.05) is 39.8 Å². The van der Waals surface area contributed by atoms with Gasteiger partial charge in [0, 0.05) is 25.0 Å². The maximum Gasteiger partial charge on any atom is 0.194 e. The standard InChI is InChI=1S/C21H35N3O2/c1-6-22-20(24-12-11-18(25)13-24)23-15-21(4,5)17-7-9-19(10-8-17)26-14-16(2)3/h7-10,16,18,25H,6,11-15H2,1-5H3,(H,22,23)/t18-/m1/s1. The maximum atomic E-state index is 9.79. The van der Waals surface area contributed by atoms with Crippen molar-refractivity contribution in [3.63, 3.8) is 0 Å². The van der Waals surface area contributed by atoms with Gasteiger partial charge in [-0.3, -0.25) is 4.99 Å². The third kappa shape index (κ3) is 5.90. The number of nitrogens with zero attached hydrogens (tertiary/aromatic N) is 2. The highest BCUT2D eigenvalue weighted by atomic mass is 16.5. The Hall–Kier alpha value is -1.75. The van der Waals surface area contributed by atoms with Crippen molar-refractivity contribution in [2.75, 3.05) is 32.8 Å². The van der Waals surface area contributed by atoms with E-state index in [-0.39, 0.29) is 11.5 Å². The van der Waals surface area contributed by atoms with Gasteiger partial charge in [0.25, 0.3) is 0 Å². The van der Waals surface area contributed by atoms with Gasteiger partial charge in [-0.15, -0.1) is 0 Å². The number of ether oxygens (including phenoxy) is 1. The molecular formula is C21H35N3O2. The highest BCUT2D eigenvalue weighted by Crippen LogP contribution is 2.26. The SMILES string of the molecule is CCNC(=NCC(C)(C)c1ccc(OCC(C)C)cc1)N1CC[C@@H](O)C1. The first kappa shape index (κ1) is 20.6. The first-order valence-electron chi connectivity index (χ1n) is 9.76. The molecule has 0 spiro atoms. The molecule has 0 amide bonds. The highest BCUT2D eigenvalue weighted by molar-refractivity contribution is 5.80. The summed E-state index contributed by atoms with van der Waals surface area (Å²) in [5.74, 6) is 2.34. The van der Waals surface area contributed by atoms with Gasteiger partial charge in [0.05, 0.1) is 19.3 Å². The summed E-state index contributed by atoms with van der Waals surface area (Å²) in [4.78, 5) is 6.99. The number of hydrogen-bond donors (Lipinski definition) is 2. The Kier molecular flexibility index (Phi) is 7.33. The first-order chi connectivity index (χ1) is 12.3. The molecule has 1 aliphatic rings. The van der Waals surface area contributed by atoms with Crippen LogP contribution in [0.3, 0.4) is 0 Å². The first-order valence-corrected chi connectivity index (χ1v) is 9.76. The van der Waals surface area contributed by atoms with Gasteiger partial charge in [-0.05, 0) is 37.0 Å². The predicted octanol–water partition coefficient (Wildman–Crippen LogP) is 3.03. The third-order valence-corrected chi connectivity index (χ3v) is 4.64. The van der Waals surface area contributed by atoms with Gasteiger partial charge in [-0.25, -0.2) is 0 Å². The van der Waals surface area contributed by atoms with Gasteiger partial charge in [0.1, 0.15) is 5.75 Å². The zero-order chi connectivity index (χ0) is 19.2. The molecule has 1 heterocycles. The van der Waals surface area contributed by atoms with E-state index >= 15 is 0 Å². The molecule has 1 aromatic rings. The zero-order valence-electron chi connectivity index (χ0n) is 17.0. The molecular weight excluding hydrogens is 326 g/mol. The molecule has 1 atom stereocenters. The average molecular weight is 362 g/mol. The predicted molar refractivity (Wildman–Crippen MR) is 108 cm³/mol. The van der Waals surface area contributed by atoms with Crippen LogP contribution in [0.5, 0.6) is 5.75 Å². The molecule has 2 rings (SSSR count). The number of rotatable bonds is 7. The second kappa shape index (κ2) is 9.26. The molecule has 26 heavy (non-hydrogen) atoms. The second-order valence-electron chi connectivity index (χ2n) is 8.17. The van der Waals surface area contributed by atoms with Crippen molar-refractivity contribution in [1.82, 2.24) is 10.2 Å². The maximum absolute atomic E-state index is 9.79. The quantitative estimate of drug-likeness (QED) is 0.579. The zero-order valence-corrected chi connectivity index (χ0v) is 17.0. The molecule has 5 heteroatoms. The summed E-state index contributed by atoms with van der Waals surface area (Å²) < 4.78 is 5.77. The minimum Gasteiger partial charge on any atom is -0.493 e. The Morgan fingerprint density at radius 1 is 1.35 bits per heavy atom. The van der Waals surface area contributed by atoms with Crippen LogP contribution in [-0.4, -0.2) is 54.9 Å². The Morgan fingerprint density at radius 3 is 2.58 bits per heavy atom. The van der Waals surface area contributed by atoms with Crippen molar-refractivity contribution in [2.24, 2.45) is 10.9 Å². The van der Waals surface area contributed by atoms with E-state index in [1.54, 1.807) is 0 Å². The number of hydrogen-bond acceptors (Lipinski definition) is 3. The minimum absolute atomic E-state index is 0.0738. The van der Waals surface area contributed by atoms with E-state index in [4.69, 9.17) is 9.73 Å². The molecule has 0 radical (unpaired) electrons. The van der Waals surface area contributed by atoms with E-state index in [0.717, 1.165) is 37.8 Å². The van der Waals surface area contributed by atoms with E-state index in [0.29, 0.717) is 19.0 Å². The number of guanidine groups is 1. The summed E-state index contributed by atoms with van der Waals surface area (Å²) >= 11 is 0. The van der Waals surface area contributed by atoms with Gasteiger partial charge < -0.3 is 20.1 Å². The molecule has 0 bridgehead atoms. The number of benzene rings is 1. The number of aliphatic hydroxyl groups excluding tert-OH is 1.